The summed E-state index contributed by atoms with van der Waals surface area (Å²) >= 11 is 1.19. The second-order valence-electron chi connectivity index (χ2n) is 4.90. The third-order valence-corrected chi connectivity index (χ3v) is 4.32. The first-order valence-electron chi connectivity index (χ1n) is 7.55. The molecular weight excluding hydrogens is 324 g/mol. The molecule has 0 amide bonds. The van der Waals surface area contributed by atoms with Crippen LogP contribution in [0.5, 0.6) is 0 Å². The van der Waals surface area contributed by atoms with Crippen molar-refractivity contribution in [3.05, 3.63) is 66.2 Å². The van der Waals surface area contributed by atoms with E-state index in [1.807, 2.05) is 60.7 Å². The highest BCUT2D eigenvalue weighted by Crippen LogP contribution is 2.36. The van der Waals surface area contributed by atoms with E-state index in [2.05, 4.69) is 10.2 Å². The third kappa shape index (κ3) is 3.83. The van der Waals surface area contributed by atoms with E-state index < -0.39 is 5.25 Å². The molecule has 0 unspecified atom stereocenters. The summed E-state index contributed by atoms with van der Waals surface area (Å²) in [5.41, 5.74) is 1.67. The zero-order valence-corrected chi connectivity index (χ0v) is 13.9. The summed E-state index contributed by atoms with van der Waals surface area (Å²) < 4.78 is 10.9. The molecule has 0 bridgehead atoms. The Morgan fingerprint density at radius 2 is 1.75 bits per heavy atom. The van der Waals surface area contributed by atoms with E-state index in [0.717, 1.165) is 11.1 Å². The van der Waals surface area contributed by atoms with E-state index in [1.165, 1.54) is 11.8 Å². The van der Waals surface area contributed by atoms with Gasteiger partial charge in [0.2, 0.25) is 5.89 Å². The molecule has 0 spiro atoms. The Kier molecular flexibility index (Phi) is 5.28. The van der Waals surface area contributed by atoms with Crippen LogP contribution in [-0.2, 0) is 9.53 Å². The van der Waals surface area contributed by atoms with Crippen molar-refractivity contribution in [1.82, 2.24) is 10.2 Å². The smallest absolute Gasteiger partial charge is 0.324 e. The van der Waals surface area contributed by atoms with Gasteiger partial charge in [0.25, 0.3) is 5.22 Å². The van der Waals surface area contributed by atoms with Crippen molar-refractivity contribution in [1.29, 1.82) is 0 Å². The summed E-state index contributed by atoms with van der Waals surface area (Å²) in [6.07, 6.45) is 0. The molecule has 0 fully saturated rings. The molecule has 6 heteroatoms. The predicted octanol–water partition coefficient (Wildman–Crippen LogP) is 4.13. The number of ether oxygens (including phenoxy) is 1. The molecular formula is C18H16N2O3S. The average Bonchev–Trinajstić information content (AvgIpc) is 3.10. The minimum absolute atomic E-state index is 0.321. The highest BCUT2D eigenvalue weighted by atomic mass is 32.2. The van der Waals surface area contributed by atoms with Gasteiger partial charge >= 0.3 is 5.97 Å². The van der Waals surface area contributed by atoms with Crippen LogP contribution in [0.4, 0.5) is 0 Å². The summed E-state index contributed by atoms with van der Waals surface area (Å²) in [6, 6.07) is 18.9. The van der Waals surface area contributed by atoms with Crippen molar-refractivity contribution < 1.29 is 13.9 Å². The van der Waals surface area contributed by atoms with E-state index in [-0.39, 0.29) is 5.97 Å². The van der Waals surface area contributed by atoms with Gasteiger partial charge in [0.05, 0.1) is 6.61 Å². The fourth-order valence-corrected chi connectivity index (χ4v) is 3.03. The SMILES string of the molecule is CCOC(=O)[C@H](Sc1nnc(-c2ccccc2)o1)c1ccccc1. The number of aromatic nitrogens is 2. The molecule has 0 saturated carbocycles. The number of rotatable bonds is 6. The van der Waals surface area contributed by atoms with E-state index >= 15 is 0 Å². The number of hydrogen-bond donors (Lipinski definition) is 0. The molecule has 0 aliphatic carbocycles. The Morgan fingerprint density at radius 3 is 2.42 bits per heavy atom. The second kappa shape index (κ2) is 7.79. The Labute approximate surface area is 144 Å². The number of hydrogen-bond acceptors (Lipinski definition) is 6. The van der Waals surface area contributed by atoms with Crippen molar-refractivity contribution in [2.75, 3.05) is 6.61 Å². The maximum absolute atomic E-state index is 12.3. The van der Waals surface area contributed by atoms with Crippen LogP contribution in [0.3, 0.4) is 0 Å². The number of thioether (sulfide) groups is 1. The minimum Gasteiger partial charge on any atom is -0.465 e. The highest BCUT2D eigenvalue weighted by Gasteiger charge is 2.26. The average molecular weight is 340 g/mol. The second-order valence-corrected chi connectivity index (χ2v) is 5.96. The Balaban J connectivity index is 1.83. The molecule has 3 rings (SSSR count). The number of nitrogens with zero attached hydrogens (tertiary/aromatic N) is 2. The molecule has 0 saturated heterocycles. The molecule has 0 aliphatic rings. The van der Waals surface area contributed by atoms with Crippen LogP contribution in [0.15, 0.2) is 70.3 Å². The van der Waals surface area contributed by atoms with Gasteiger partial charge in [-0.25, -0.2) is 0 Å². The number of esters is 1. The van der Waals surface area contributed by atoms with Crippen molar-refractivity contribution in [3.8, 4) is 11.5 Å². The van der Waals surface area contributed by atoms with Gasteiger partial charge < -0.3 is 9.15 Å². The molecule has 5 nitrogen and oxygen atoms in total. The van der Waals surface area contributed by atoms with Crippen LogP contribution in [0, 0.1) is 0 Å². The van der Waals surface area contributed by atoms with Gasteiger partial charge in [0, 0.05) is 5.56 Å². The molecule has 24 heavy (non-hydrogen) atoms. The molecule has 0 N–H and O–H groups in total. The first-order valence-corrected chi connectivity index (χ1v) is 8.43. The zero-order chi connectivity index (χ0) is 16.8. The summed E-state index contributed by atoms with van der Waals surface area (Å²) in [5.74, 6) is 0.0990. The lowest BCUT2D eigenvalue weighted by Gasteiger charge is -2.13. The van der Waals surface area contributed by atoms with Gasteiger partial charge in [-0.1, -0.05) is 48.5 Å². The molecule has 0 radical (unpaired) electrons. The van der Waals surface area contributed by atoms with Crippen molar-refractivity contribution in [2.45, 2.75) is 17.4 Å². The maximum atomic E-state index is 12.3. The largest absolute Gasteiger partial charge is 0.465 e. The third-order valence-electron chi connectivity index (χ3n) is 3.25. The summed E-state index contributed by atoms with van der Waals surface area (Å²) in [5, 5.41) is 7.87. The Hall–Kier alpha value is -2.60. The van der Waals surface area contributed by atoms with Crippen LogP contribution < -0.4 is 0 Å². The van der Waals surface area contributed by atoms with E-state index in [1.54, 1.807) is 6.92 Å². The number of carbonyl (C=O) groups is 1. The van der Waals surface area contributed by atoms with Crippen LogP contribution in [0.2, 0.25) is 0 Å². The number of carbonyl (C=O) groups excluding carboxylic acids is 1. The van der Waals surface area contributed by atoms with Gasteiger partial charge in [-0.3, -0.25) is 4.79 Å². The quantitative estimate of drug-likeness (QED) is 0.496. The van der Waals surface area contributed by atoms with Crippen molar-refractivity contribution >= 4 is 17.7 Å². The molecule has 1 heterocycles. The molecule has 3 aromatic rings. The normalized spacial score (nSPS) is 11.9. The number of benzene rings is 2. The van der Waals surface area contributed by atoms with Crippen molar-refractivity contribution in [2.24, 2.45) is 0 Å². The van der Waals surface area contributed by atoms with E-state index in [9.17, 15) is 4.79 Å². The molecule has 2 aromatic carbocycles. The zero-order valence-electron chi connectivity index (χ0n) is 13.1. The Bertz CT molecular complexity index is 790. The Morgan fingerprint density at radius 1 is 1.08 bits per heavy atom. The topological polar surface area (TPSA) is 65.2 Å². The summed E-state index contributed by atoms with van der Waals surface area (Å²) in [4.78, 5) is 12.3. The maximum Gasteiger partial charge on any atom is 0.324 e. The highest BCUT2D eigenvalue weighted by molar-refractivity contribution is 8.00. The van der Waals surface area contributed by atoms with Gasteiger partial charge in [-0.15, -0.1) is 10.2 Å². The van der Waals surface area contributed by atoms with Gasteiger partial charge in [-0.05, 0) is 36.4 Å². The van der Waals surface area contributed by atoms with Gasteiger partial charge in [0.1, 0.15) is 5.25 Å². The lowest BCUT2D eigenvalue weighted by molar-refractivity contribution is -0.142. The molecule has 1 aromatic heterocycles. The van der Waals surface area contributed by atoms with Crippen LogP contribution in [0.1, 0.15) is 17.7 Å². The predicted molar refractivity (Wildman–Crippen MR) is 91.4 cm³/mol. The fourth-order valence-electron chi connectivity index (χ4n) is 2.15. The van der Waals surface area contributed by atoms with Crippen LogP contribution in [0.25, 0.3) is 11.5 Å². The standard InChI is InChI=1S/C18H16N2O3S/c1-2-22-17(21)15(13-9-5-3-6-10-13)24-18-20-19-16(23-18)14-11-7-4-8-12-14/h3-12,15H,2H2,1H3/t15-/m1/s1. The van der Waals surface area contributed by atoms with Crippen LogP contribution in [-0.4, -0.2) is 22.8 Å². The summed E-state index contributed by atoms with van der Waals surface area (Å²) in [7, 11) is 0. The summed E-state index contributed by atoms with van der Waals surface area (Å²) in [6.45, 7) is 2.10. The molecule has 0 aliphatic heterocycles. The molecule has 122 valence electrons. The van der Waals surface area contributed by atoms with E-state index in [0.29, 0.717) is 17.7 Å². The minimum atomic E-state index is -0.546. The lowest BCUT2D eigenvalue weighted by atomic mass is 10.1. The van der Waals surface area contributed by atoms with Crippen LogP contribution >= 0.6 is 11.8 Å². The van der Waals surface area contributed by atoms with Gasteiger partial charge in [-0.2, -0.15) is 0 Å². The monoisotopic (exact) mass is 340 g/mol. The first-order chi connectivity index (χ1) is 11.8. The van der Waals surface area contributed by atoms with Crippen molar-refractivity contribution in [3.63, 3.8) is 0 Å². The lowest BCUT2D eigenvalue weighted by Crippen LogP contribution is -2.13. The first kappa shape index (κ1) is 16.3. The van der Waals surface area contributed by atoms with E-state index in [4.69, 9.17) is 9.15 Å². The van der Waals surface area contributed by atoms with Gasteiger partial charge in [0.15, 0.2) is 0 Å². The molecule has 1 atom stereocenters. The fraction of sp³-hybridized carbons (Fsp3) is 0.167.